The summed E-state index contributed by atoms with van der Waals surface area (Å²) < 4.78 is 0. The minimum absolute atomic E-state index is 0.729. The van der Waals surface area contributed by atoms with E-state index in [4.69, 9.17) is 0 Å². The van der Waals surface area contributed by atoms with E-state index in [1.807, 2.05) is 25.2 Å². The van der Waals surface area contributed by atoms with Crippen molar-refractivity contribution in [1.29, 1.82) is 0 Å². The molecular weight excluding hydrogens is 292 g/mol. The third kappa shape index (κ3) is 5.00. The Morgan fingerprint density at radius 2 is 1.55 bits per heavy atom. The molecule has 0 atom stereocenters. The number of hydrogen-bond donors (Lipinski definition) is 2. The normalized spacial score (nSPS) is 9.86. The third-order valence-electron chi connectivity index (χ3n) is 2.93. The van der Waals surface area contributed by atoms with Crippen LogP contribution in [0.2, 0.25) is 0 Å². The molecule has 3 aromatic rings. The Morgan fingerprint density at radius 3 is 2.18 bits per heavy atom. The van der Waals surface area contributed by atoms with Crippen LogP contribution in [0.5, 0.6) is 0 Å². The molecule has 3 rings (SSSR count). The number of rotatable bonds is 4. The van der Waals surface area contributed by atoms with Crippen molar-refractivity contribution in [2.75, 3.05) is 7.05 Å². The van der Waals surface area contributed by atoms with Crippen LogP contribution in [0.25, 0.3) is 10.8 Å². The lowest BCUT2D eigenvalue weighted by Crippen LogP contribution is -2.18. The summed E-state index contributed by atoms with van der Waals surface area (Å²) in [5, 5.41) is 2.55. The maximum Gasteiger partial charge on any atom is 0.150 e. The summed E-state index contributed by atoms with van der Waals surface area (Å²) in [6.07, 6.45) is 0.833. The number of fused-ring (bicyclic) bond motifs is 1. The van der Waals surface area contributed by atoms with Gasteiger partial charge in [0.05, 0.1) is 0 Å². The van der Waals surface area contributed by atoms with Crippen LogP contribution in [0.3, 0.4) is 0 Å². The minimum atomic E-state index is 0.729. The molecule has 22 heavy (non-hydrogen) atoms. The number of carbonyl (C=O) groups is 1. The molecule has 0 aromatic heterocycles. The molecule has 3 aromatic carbocycles. The van der Waals surface area contributed by atoms with Gasteiger partial charge < -0.3 is 0 Å². The molecule has 0 radical (unpaired) electrons. The van der Waals surface area contributed by atoms with Crippen LogP contribution in [0.4, 0.5) is 0 Å². The lowest BCUT2D eigenvalue weighted by molar-refractivity contribution is 0.112. The Kier molecular flexibility index (Phi) is 6.64. The molecule has 0 heterocycles. The standard InChI is InChI=1S/C11H12N2S.C7H6O/c1-12-13-14-11-7-6-9-4-2-3-5-10(9)8-11;8-6-7-4-2-1-3-5-7/h2-8,12-13H,1H3;1-6H. The minimum Gasteiger partial charge on any atom is -0.298 e. The molecule has 0 amide bonds. The number of nitrogens with one attached hydrogen (secondary N) is 2. The van der Waals surface area contributed by atoms with E-state index in [-0.39, 0.29) is 0 Å². The van der Waals surface area contributed by atoms with Gasteiger partial charge >= 0.3 is 0 Å². The molecule has 0 aliphatic carbocycles. The SMILES string of the molecule is CNNSc1ccc2ccccc2c1.O=Cc1ccccc1. The molecule has 0 saturated heterocycles. The highest BCUT2D eigenvalue weighted by Gasteiger charge is 1.95. The lowest BCUT2D eigenvalue weighted by atomic mass is 10.1. The predicted octanol–water partition coefficient (Wildman–Crippen LogP) is 4.07. The summed E-state index contributed by atoms with van der Waals surface area (Å²) in [7, 11) is 1.86. The first-order chi connectivity index (χ1) is 10.8. The summed E-state index contributed by atoms with van der Waals surface area (Å²) in [5.41, 5.74) is 3.61. The summed E-state index contributed by atoms with van der Waals surface area (Å²) in [4.78, 5) is 14.2. The highest BCUT2D eigenvalue weighted by molar-refractivity contribution is 7.97. The number of aldehydes is 1. The Balaban J connectivity index is 0.000000188. The lowest BCUT2D eigenvalue weighted by Gasteiger charge is -2.03. The van der Waals surface area contributed by atoms with Crippen molar-refractivity contribution in [3.63, 3.8) is 0 Å². The maximum absolute atomic E-state index is 10.0. The fourth-order valence-corrected chi connectivity index (χ4v) is 2.41. The molecule has 0 spiro atoms. The second kappa shape index (κ2) is 9.00. The molecule has 4 heteroatoms. The van der Waals surface area contributed by atoms with Gasteiger partial charge in [0.15, 0.2) is 0 Å². The summed E-state index contributed by atoms with van der Waals surface area (Å²) in [6.45, 7) is 0. The van der Waals surface area contributed by atoms with Gasteiger partial charge in [0.25, 0.3) is 0 Å². The van der Waals surface area contributed by atoms with E-state index >= 15 is 0 Å². The van der Waals surface area contributed by atoms with E-state index < -0.39 is 0 Å². The summed E-state index contributed by atoms with van der Waals surface area (Å²) in [6, 6.07) is 23.9. The van der Waals surface area contributed by atoms with Gasteiger partial charge in [-0.1, -0.05) is 60.7 Å². The van der Waals surface area contributed by atoms with Crippen LogP contribution in [0.1, 0.15) is 10.4 Å². The number of benzene rings is 3. The van der Waals surface area contributed by atoms with E-state index in [1.165, 1.54) is 15.7 Å². The van der Waals surface area contributed by atoms with Gasteiger partial charge in [-0.25, -0.2) is 0 Å². The van der Waals surface area contributed by atoms with E-state index in [0.717, 1.165) is 11.8 Å². The fraction of sp³-hybridized carbons (Fsp3) is 0.0556. The van der Waals surface area contributed by atoms with Gasteiger partial charge in [-0.2, -0.15) is 4.83 Å². The van der Waals surface area contributed by atoms with Gasteiger partial charge in [-0.05, 0) is 41.9 Å². The molecular formula is C18H18N2OS. The Bertz CT molecular complexity index is 716. The molecule has 0 bridgehead atoms. The largest absolute Gasteiger partial charge is 0.298 e. The number of hydrogen-bond acceptors (Lipinski definition) is 4. The first kappa shape index (κ1) is 16.2. The van der Waals surface area contributed by atoms with Crippen LogP contribution < -0.4 is 10.3 Å². The van der Waals surface area contributed by atoms with Gasteiger partial charge in [-0.3, -0.25) is 10.2 Å². The van der Waals surface area contributed by atoms with Crippen molar-refractivity contribution in [2.24, 2.45) is 0 Å². The Hall–Kier alpha value is -2.14. The van der Waals surface area contributed by atoms with E-state index in [1.54, 1.807) is 24.1 Å². The smallest absolute Gasteiger partial charge is 0.150 e. The quantitative estimate of drug-likeness (QED) is 0.433. The van der Waals surface area contributed by atoms with Crippen molar-refractivity contribution >= 4 is 29.0 Å². The highest BCUT2D eigenvalue weighted by Crippen LogP contribution is 2.20. The van der Waals surface area contributed by atoms with Crippen molar-refractivity contribution in [1.82, 2.24) is 10.3 Å². The molecule has 0 saturated carbocycles. The second-order valence-corrected chi connectivity index (χ2v) is 5.37. The third-order valence-corrected chi connectivity index (χ3v) is 3.72. The van der Waals surface area contributed by atoms with Crippen molar-refractivity contribution in [2.45, 2.75) is 4.90 Å². The van der Waals surface area contributed by atoms with Crippen LogP contribution in [-0.4, -0.2) is 13.3 Å². The molecule has 2 N–H and O–H groups in total. The number of carbonyl (C=O) groups excluding carboxylic acids is 1. The van der Waals surface area contributed by atoms with Crippen molar-refractivity contribution in [3.05, 3.63) is 78.4 Å². The summed E-state index contributed by atoms with van der Waals surface area (Å²) in [5.74, 6) is 0. The van der Waals surface area contributed by atoms with Crippen molar-refractivity contribution < 1.29 is 4.79 Å². The zero-order valence-corrected chi connectivity index (χ0v) is 13.1. The highest BCUT2D eigenvalue weighted by atomic mass is 32.2. The van der Waals surface area contributed by atoms with Crippen LogP contribution in [-0.2, 0) is 0 Å². The molecule has 0 fully saturated rings. The first-order valence-electron chi connectivity index (χ1n) is 6.91. The van der Waals surface area contributed by atoms with Crippen LogP contribution >= 0.6 is 11.9 Å². The predicted molar refractivity (Wildman–Crippen MR) is 93.8 cm³/mol. The zero-order chi connectivity index (χ0) is 15.6. The molecule has 112 valence electrons. The second-order valence-electron chi connectivity index (χ2n) is 4.49. The molecule has 0 unspecified atom stereocenters. The fourth-order valence-electron chi connectivity index (χ4n) is 1.87. The topological polar surface area (TPSA) is 41.1 Å². The zero-order valence-electron chi connectivity index (χ0n) is 12.3. The Labute approximate surface area is 134 Å². The van der Waals surface area contributed by atoms with Crippen molar-refractivity contribution in [3.8, 4) is 0 Å². The van der Waals surface area contributed by atoms with E-state index in [0.29, 0.717) is 0 Å². The average molecular weight is 310 g/mol. The summed E-state index contributed by atoms with van der Waals surface area (Å²) >= 11 is 1.57. The Morgan fingerprint density at radius 1 is 0.864 bits per heavy atom. The number of hydrazine groups is 1. The van der Waals surface area contributed by atoms with E-state index in [2.05, 4.69) is 52.7 Å². The van der Waals surface area contributed by atoms with Crippen LogP contribution in [0, 0.1) is 0 Å². The van der Waals surface area contributed by atoms with Crippen LogP contribution in [0.15, 0.2) is 77.7 Å². The van der Waals surface area contributed by atoms with Gasteiger partial charge in [-0.15, -0.1) is 0 Å². The van der Waals surface area contributed by atoms with Gasteiger partial charge in [0, 0.05) is 10.5 Å². The monoisotopic (exact) mass is 310 g/mol. The van der Waals surface area contributed by atoms with Gasteiger partial charge in [0.2, 0.25) is 0 Å². The molecule has 3 nitrogen and oxygen atoms in total. The molecule has 0 aliphatic rings. The van der Waals surface area contributed by atoms with E-state index in [9.17, 15) is 4.79 Å². The first-order valence-corrected chi connectivity index (χ1v) is 7.73. The maximum atomic E-state index is 10.0. The molecule has 0 aliphatic heterocycles. The average Bonchev–Trinajstić information content (AvgIpc) is 2.61. The van der Waals surface area contributed by atoms with Gasteiger partial charge in [0.1, 0.15) is 6.29 Å².